The van der Waals surface area contributed by atoms with E-state index in [-0.39, 0.29) is 11.3 Å². The van der Waals surface area contributed by atoms with Crippen molar-refractivity contribution in [2.45, 2.75) is 17.8 Å². The number of rotatable bonds is 6. The van der Waals surface area contributed by atoms with Gasteiger partial charge in [0.25, 0.3) is 10.0 Å². The van der Waals surface area contributed by atoms with Gasteiger partial charge in [-0.05, 0) is 29.8 Å². The van der Waals surface area contributed by atoms with E-state index in [0.717, 1.165) is 36.9 Å². The fourth-order valence-electron chi connectivity index (χ4n) is 3.01. The molecule has 1 aromatic carbocycles. The van der Waals surface area contributed by atoms with E-state index in [1.165, 1.54) is 17.0 Å². The minimum absolute atomic E-state index is 0.0316. The van der Waals surface area contributed by atoms with Gasteiger partial charge in [-0.2, -0.15) is 0 Å². The fourth-order valence-corrected chi connectivity index (χ4v) is 4.05. The van der Waals surface area contributed by atoms with Crippen molar-refractivity contribution in [1.29, 1.82) is 0 Å². The van der Waals surface area contributed by atoms with Crippen LogP contribution < -0.4 is 9.46 Å². The minimum atomic E-state index is -4.99. The van der Waals surface area contributed by atoms with Crippen LogP contribution in [0.1, 0.15) is 5.56 Å². The first kappa shape index (κ1) is 22.8. The highest BCUT2D eigenvalue weighted by Crippen LogP contribution is 2.32. The van der Waals surface area contributed by atoms with E-state index in [9.17, 15) is 26.4 Å². The van der Waals surface area contributed by atoms with Gasteiger partial charge in [-0.1, -0.05) is 6.07 Å². The average molecular weight is 461 g/mol. The first-order chi connectivity index (χ1) is 14.5. The zero-order chi connectivity index (χ0) is 22.6. The first-order valence-corrected chi connectivity index (χ1v) is 10.4. The molecule has 31 heavy (non-hydrogen) atoms. The summed E-state index contributed by atoms with van der Waals surface area (Å²) < 4.78 is 73.0. The largest absolute Gasteiger partial charge is 0.573 e. The van der Waals surface area contributed by atoms with Crippen LogP contribution in [0, 0.1) is 0 Å². The van der Waals surface area contributed by atoms with Crippen LogP contribution in [0.2, 0.25) is 0 Å². The van der Waals surface area contributed by atoms with Crippen LogP contribution in [0.5, 0.6) is 5.75 Å². The smallest absolute Gasteiger partial charge is 0.464 e. The summed E-state index contributed by atoms with van der Waals surface area (Å²) in [5, 5.41) is 8.78. The van der Waals surface area contributed by atoms with Crippen molar-refractivity contribution in [3.63, 3.8) is 0 Å². The molecule has 0 spiro atoms. The highest BCUT2D eigenvalue weighted by molar-refractivity contribution is 7.90. The molecule has 0 saturated carbocycles. The van der Waals surface area contributed by atoms with E-state index in [0.29, 0.717) is 19.8 Å². The van der Waals surface area contributed by atoms with Crippen molar-refractivity contribution in [3.05, 3.63) is 42.1 Å². The van der Waals surface area contributed by atoms with Gasteiger partial charge in [-0.15, -0.1) is 13.2 Å². The summed E-state index contributed by atoms with van der Waals surface area (Å²) in [4.78, 5) is 16.6. The van der Waals surface area contributed by atoms with Crippen molar-refractivity contribution >= 4 is 16.1 Å². The molecule has 1 fully saturated rings. The Bertz CT molecular complexity index is 1040. The molecule has 2 heterocycles. The van der Waals surface area contributed by atoms with Gasteiger partial charge in [0.2, 0.25) is 0 Å². The SMILES string of the molecule is O=C(O)NS(=O)(=O)c1ccc(OC(F)(F)F)cc1-c1ccc(CN2CCOCC2)cn1. The normalized spacial score (nSPS) is 15.5. The Labute approximate surface area is 175 Å². The van der Waals surface area contributed by atoms with Gasteiger partial charge in [0, 0.05) is 31.4 Å². The molecule has 3 rings (SSSR count). The molecule has 0 atom stereocenters. The molecule has 9 nitrogen and oxygen atoms in total. The number of benzene rings is 1. The number of morpholine rings is 1. The van der Waals surface area contributed by atoms with Crippen LogP contribution in [0.3, 0.4) is 0 Å². The summed E-state index contributed by atoms with van der Waals surface area (Å²) in [7, 11) is -4.58. The van der Waals surface area contributed by atoms with Crippen LogP contribution in [0.4, 0.5) is 18.0 Å². The summed E-state index contributed by atoms with van der Waals surface area (Å²) in [6.45, 7) is 3.26. The van der Waals surface area contributed by atoms with E-state index in [2.05, 4.69) is 14.6 Å². The predicted molar refractivity (Wildman–Crippen MR) is 101 cm³/mol. The third-order valence-electron chi connectivity index (χ3n) is 4.31. The monoisotopic (exact) mass is 461 g/mol. The van der Waals surface area contributed by atoms with Gasteiger partial charge < -0.3 is 14.6 Å². The third kappa shape index (κ3) is 6.29. The molecule has 0 radical (unpaired) electrons. The average Bonchev–Trinajstić information content (AvgIpc) is 2.67. The van der Waals surface area contributed by atoms with Crippen LogP contribution >= 0.6 is 0 Å². The van der Waals surface area contributed by atoms with Gasteiger partial charge in [0.05, 0.1) is 23.8 Å². The van der Waals surface area contributed by atoms with Crippen molar-refractivity contribution in [2.24, 2.45) is 0 Å². The lowest BCUT2D eigenvalue weighted by Gasteiger charge is -2.26. The molecular weight excluding hydrogens is 443 g/mol. The zero-order valence-electron chi connectivity index (χ0n) is 15.9. The lowest BCUT2D eigenvalue weighted by molar-refractivity contribution is -0.274. The molecule has 1 saturated heterocycles. The van der Waals surface area contributed by atoms with Gasteiger partial charge in [0.15, 0.2) is 0 Å². The summed E-state index contributed by atoms with van der Waals surface area (Å²) >= 11 is 0. The van der Waals surface area contributed by atoms with Crippen LogP contribution in [0.15, 0.2) is 41.4 Å². The fraction of sp³-hybridized carbons (Fsp3) is 0.333. The molecule has 0 unspecified atom stereocenters. The lowest BCUT2D eigenvalue weighted by Crippen LogP contribution is -2.35. The van der Waals surface area contributed by atoms with Crippen molar-refractivity contribution < 1.29 is 41.0 Å². The number of alkyl halides is 3. The molecule has 1 aliphatic rings. The number of aromatic nitrogens is 1. The van der Waals surface area contributed by atoms with Crippen LogP contribution in [0.25, 0.3) is 11.3 Å². The molecule has 1 aliphatic heterocycles. The summed E-state index contributed by atoms with van der Waals surface area (Å²) in [5.41, 5.74) is 0.596. The van der Waals surface area contributed by atoms with Crippen molar-refractivity contribution in [3.8, 4) is 17.0 Å². The second kappa shape index (κ2) is 9.08. The number of amides is 1. The molecular formula is C18H18F3N3O6S. The number of carboxylic acid groups (broad SMARTS) is 1. The van der Waals surface area contributed by atoms with Gasteiger partial charge in [-0.3, -0.25) is 9.88 Å². The predicted octanol–water partition coefficient (Wildman–Crippen LogP) is 2.44. The van der Waals surface area contributed by atoms with Crippen molar-refractivity contribution in [2.75, 3.05) is 26.3 Å². The maximum atomic E-state index is 12.6. The second-order valence-electron chi connectivity index (χ2n) is 6.56. The van der Waals surface area contributed by atoms with Crippen LogP contribution in [-0.2, 0) is 21.3 Å². The molecule has 168 valence electrons. The third-order valence-corrected chi connectivity index (χ3v) is 5.68. The topological polar surface area (TPSA) is 118 Å². The standard InChI is InChI=1S/C18H18F3N3O6S/c19-18(20,21)30-13-2-4-16(31(27,28)23-17(25)26)14(9-13)15-3-1-12(10-22-15)11-24-5-7-29-8-6-24/h1-4,9-10,23H,5-8,11H2,(H,25,26). The van der Waals surface area contributed by atoms with E-state index in [1.54, 1.807) is 6.07 Å². The Kier molecular flexibility index (Phi) is 6.67. The summed E-state index contributed by atoms with van der Waals surface area (Å²) in [6.07, 6.45) is -5.36. The number of carbonyl (C=O) groups is 1. The van der Waals surface area contributed by atoms with Gasteiger partial charge >= 0.3 is 12.5 Å². The zero-order valence-corrected chi connectivity index (χ0v) is 16.7. The number of hydrogen-bond acceptors (Lipinski definition) is 7. The second-order valence-corrected chi connectivity index (χ2v) is 8.21. The highest BCUT2D eigenvalue weighted by Gasteiger charge is 2.32. The number of ether oxygens (including phenoxy) is 2. The first-order valence-electron chi connectivity index (χ1n) is 8.94. The van der Waals surface area contributed by atoms with Crippen LogP contribution in [-0.4, -0.2) is 62.2 Å². The van der Waals surface area contributed by atoms with Gasteiger partial charge in [-0.25, -0.2) is 17.9 Å². The number of hydrogen-bond donors (Lipinski definition) is 2. The van der Waals surface area contributed by atoms with E-state index in [1.807, 2.05) is 0 Å². The summed E-state index contributed by atoms with van der Waals surface area (Å²) in [5.74, 6) is -0.670. The maximum Gasteiger partial charge on any atom is 0.573 e. The Morgan fingerprint density at radius 1 is 1.23 bits per heavy atom. The Morgan fingerprint density at radius 2 is 1.94 bits per heavy atom. The maximum absolute atomic E-state index is 12.6. The number of halogens is 3. The van der Waals surface area contributed by atoms with Gasteiger partial charge in [0.1, 0.15) is 5.75 Å². The minimum Gasteiger partial charge on any atom is -0.464 e. The molecule has 2 N–H and O–H groups in total. The number of nitrogens with zero attached hydrogens (tertiary/aromatic N) is 2. The molecule has 2 aromatic rings. The Morgan fingerprint density at radius 3 is 2.52 bits per heavy atom. The van der Waals surface area contributed by atoms with E-state index in [4.69, 9.17) is 9.84 Å². The van der Waals surface area contributed by atoms with E-state index >= 15 is 0 Å². The molecule has 0 bridgehead atoms. The molecule has 1 aromatic heterocycles. The lowest BCUT2D eigenvalue weighted by atomic mass is 10.1. The number of pyridine rings is 1. The molecule has 0 aliphatic carbocycles. The Hall–Kier alpha value is -2.90. The Balaban J connectivity index is 1.96. The highest BCUT2D eigenvalue weighted by atomic mass is 32.2. The molecule has 13 heteroatoms. The quantitative estimate of drug-likeness (QED) is 0.674. The number of sulfonamides is 1. The summed E-state index contributed by atoms with van der Waals surface area (Å²) in [6, 6.07) is 5.55. The molecule has 1 amide bonds. The number of nitrogens with one attached hydrogen (secondary N) is 1. The van der Waals surface area contributed by atoms with Crippen molar-refractivity contribution in [1.82, 2.24) is 14.6 Å². The van der Waals surface area contributed by atoms with E-state index < -0.39 is 33.1 Å².